The average Bonchev–Trinajstić information content (AvgIpc) is 3.01. The number of benzene rings is 1. The minimum Gasteiger partial charge on any atom is -0.484 e. The van der Waals surface area contributed by atoms with Crippen LogP contribution in [0, 0.1) is 5.82 Å². The van der Waals surface area contributed by atoms with Crippen LogP contribution in [0.5, 0.6) is 5.75 Å². The van der Waals surface area contributed by atoms with Crippen molar-refractivity contribution in [3.63, 3.8) is 0 Å². The fourth-order valence-electron chi connectivity index (χ4n) is 2.53. The fourth-order valence-corrected chi connectivity index (χ4v) is 3.07. The molecule has 0 bridgehead atoms. The summed E-state index contributed by atoms with van der Waals surface area (Å²) in [6.07, 6.45) is 0.548. The Bertz CT molecular complexity index is 920. The number of amides is 1. The first kappa shape index (κ1) is 16.0. The number of thiazole rings is 1. The third-order valence-corrected chi connectivity index (χ3v) is 4.76. The first-order valence-corrected chi connectivity index (χ1v) is 8.76. The van der Waals surface area contributed by atoms with Gasteiger partial charge in [0.1, 0.15) is 6.61 Å². The Balaban J connectivity index is 1.47. The van der Waals surface area contributed by atoms with Crippen molar-refractivity contribution in [1.29, 1.82) is 0 Å². The van der Waals surface area contributed by atoms with Crippen molar-refractivity contribution >= 4 is 28.1 Å². The van der Waals surface area contributed by atoms with Crippen molar-refractivity contribution in [2.24, 2.45) is 0 Å². The van der Waals surface area contributed by atoms with Crippen molar-refractivity contribution in [3.8, 4) is 5.75 Å². The maximum atomic E-state index is 14.2. The molecule has 0 radical (unpaired) electrons. The van der Waals surface area contributed by atoms with Crippen LogP contribution in [0.2, 0.25) is 0 Å². The van der Waals surface area contributed by atoms with Crippen LogP contribution in [0.3, 0.4) is 0 Å². The lowest BCUT2D eigenvalue weighted by atomic mass is 10.2. The van der Waals surface area contributed by atoms with Crippen molar-refractivity contribution < 1.29 is 18.3 Å². The van der Waals surface area contributed by atoms with Gasteiger partial charge in [0, 0.05) is 28.0 Å². The molecule has 1 fully saturated rings. The molecule has 8 heteroatoms. The summed E-state index contributed by atoms with van der Waals surface area (Å²) in [5, 5.41) is 5.05. The predicted octanol–water partition coefficient (Wildman–Crippen LogP) is 3.46. The summed E-state index contributed by atoms with van der Waals surface area (Å²) in [4.78, 5) is 18.8. The molecule has 1 amide bonds. The number of ether oxygens (including phenoxy) is 1. The summed E-state index contributed by atoms with van der Waals surface area (Å²) in [5.74, 6) is -0.943. The van der Waals surface area contributed by atoms with Gasteiger partial charge in [0.05, 0.1) is 17.7 Å². The van der Waals surface area contributed by atoms with Gasteiger partial charge in [-0.2, -0.15) is 0 Å². The highest BCUT2D eigenvalue weighted by atomic mass is 32.1. The molecule has 1 aromatic carbocycles. The molecule has 5 nitrogen and oxygen atoms in total. The van der Waals surface area contributed by atoms with E-state index in [1.807, 2.05) is 5.38 Å². The monoisotopic (exact) mass is 363 g/mol. The molecule has 1 aliphatic carbocycles. The number of halogens is 2. The summed E-state index contributed by atoms with van der Waals surface area (Å²) in [6.45, 7) is 0.351. The van der Waals surface area contributed by atoms with E-state index in [0.29, 0.717) is 16.6 Å². The van der Waals surface area contributed by atoms with E-state index >= 15 is 0 Å². The van der Waals surface area contributed by atoms with Crippen molar-refractivity contribution in [1.82, 2.24) is 15.3 Å². The summed E-state index contributed by atoms with van der Waals surface area (Å²) in [5.41, 5.74) is 2.07. The van der Waals surface area contributed by atoms with Crippen LogP contribution in [0.1, 0.15) is 24.2 Å². The lowest BCUT2D eigenvalue weighted by Gasteiger charge is -2.06. The highest BCUT2D eigenvalue weighted by Crippen LogP contribution is 2.39. The second-order valence-corrected chi connectivity index (χ2v) is 6.80. The number of hydrogen-bond acceptors (Lipinski definition) is 4. The van der Waals surface area contributed by atoms with E-state index in [1.54, 1.807) is 17.6 Å². The summed E-state index contributed by atoms with van der Waals surface area (Å²) >= 11 is 1.45. The first-order chi connectivity index (χ1) is 12.0. The van der Waals surface area contributed by atoms with Crippen molar-refractivity contribution in [2.75, 3.05) is 0 Å². The van der Waals surface area contributed by atoms with E-state index in [9.17, 15) is 13.6 Å². The van der Waals surface area contributed by atoms with E-state index in [1.165, 1.54) is 17.4 Å². The number of nitrogens with one attached hydrogen (secondary N) is 2. The standard InChI is InChI=1S/C17H15F2N3O2S/c18-13-4-10-3-11(6-20-16(23)17(19)1-2-17)22-14(10)5-15(13)24-7-12-8-25-9-21-12/h3-5,8-9,22H,1-2,6-7H2,(H,20,23). The molecule has 2 N–H and O–H groups in total. The number of carbonyl (C=O) groups excluding carboxylic acids is 1. The summed E-state index contributed by atoms with van der Waals surface area (Å²) < 4.78 is 33.3. The van der Waals surface area contributed by atoms with E-state index in [0.717, 1.165) is 5.69 Å². The predicted molar refractivity (Wildman–Crippen MR) is 89.6 cm³/mol. The number of rotatable bonds is 6. The Morgan fingerprint density at radius 2 is 2.24 bits per heavy atom. The zero-order chi connectivity index (χ0) is 17.4. The molecule has 25 heavy (non-hydrogen) atoms. The molecule has 1 aliphatic rings. The molecule has 4 rings (SSSR count). The van der Waals surface area contributed by atoms with Gasteiger partial charge in [-0.1, -0.05) is 0 Å². The van der Waals surface area contributed by atoms with Crippen LogP contribution in [0.4, 0.5) is 8.78 Å². The second-order valence-electron chi connectivity index (χ2n) is 6.08. The van der Waals surface area contributed by atoms with Gasteiger partial charge in [0.15, 0.2) is 17.2 Å². The Labute approximate surface area is 146 Å². The highest BCUT2D eigenvalue weighted by Gasteiger charge is 2.50. The van der Waals surface area contributed by atoms with Crippen LogP contribution in [-0.4, -0.2) is 21.5 Å². The highest BCUT2D eigenvalue weighted by molar-refractivity contribution is 7.07. The number of H-pyrrole nitrogens is 1. The van der Waals surface area contributed by atoms with Gasteiger partial charge in [0.2, 0.25) is 0 Å². The van der Waals surface area contributed by atoms with Crippen LogP contribution in [0.15, 0.2) is 29.1 Å². The minimum absolute atomic E-state index is 0.124. The molecule has 0 saturated heterocycles. The molecule has 0 aliphatic heterocycles. The third-order valence-electron chi connectivity index (χ3n) is 4.12. The van der Waals surface area contributed by atoms with Crippen LogP contribution in [-0.2, 0) is 17.9 Å². The lowest BCUT2D eigenvalue weighted by molar-refractivity contribution is -0.127. The molecule has 0 spiro atoms. The van der Waals surface area contributed by atoms with Crippen LogP contribution in [0.25, 0.3) is 10.9 Å². The van der Waals surface area contributed by atoms with Crippen molar-refractivity contribution in [2.45, 2.75) is 31.7 Å². The van der Waals surface area contributed by atoms with Gasteiger partial charge in [-0.3, -0.25) is 4.79 Å². The smallest absolute Gasteiger partial charge is 0.257 e. The molecular weight excluding hydrogens is 348 g/mol. The number of carbonyl (C=O) groups is 1. The Hall–Kier alpha value is -2.48. The largest absolute Gasteiger partial charge is 0.484 e. The van der Waals surface area contributed by atoms with Gasteiger partial charge in [-0.25, -0.2) is 13.8 Å². The number of alkyl halides is 1. The van der Waals surface area contributed by atoms with Crippen LogP contribution < -0.4 is 10.1 Å². The van der Waals surface area contributed by atoms with E-state index in [-0.39, 0.29) is 31.7 Å². The average molecular weight is 363 g/mol. The number of hydrogen-bond donors (Lipinski definition) is 2. The molecule has 0 unspecified atom stereocenters. The Morgan fingerprint density at radius 1 is 1.40 bits per heavy atom. The zero-order valence-electron chi connectivity index (χ0n) is 13.1. The third kappa shape index (κ3) is 3.34. The Morgan fingerprint density at radius 3 is 2.96 bits per heavy atom. The van der Waals surface area contributed by atoms with Crippen molar-refractivity contribution in [3.05, 3.63) is 46.3 Å². The van der Waals surface area contributed by atoms with Crippen LogP contribution >= 0.6 is 11.3 Å². The summed E-state index contributed by atoms with van der Waals surface area (Å²) in [6, 6.07) is 4.66. The topological polar surface area (TPSA) is 67.0 Å². The SMILES string of the molecule is O=C(NCc1cc2cc(F)c(OCc3cscn3)cc2[nH]1)C1(F)CC1. The molecule has 2 heterocycles. The second kappa shape index (κ2) is 6.11. The summed E-state index contributed by atoms with van der Waals surface area (Å²) in [7, 11) is 0. The molecule has 0 atom stereocenters. The molecule has 1 saturated carbocycles. The number of fused-ring (bicyclic) bond motifs is 1. The zero-order valence-corrected chi connectivity index (χ0v) is 14.0. The number of aromatic nitrogens is 2. The van der Waals surface area contributed by atoms with Gasteiger partial charge < -0.3 is 15.0 Å². The molecule has 3 aromatic rings. The van der Waals surface area contributed by atoms with E-state index in [4.69, 9.17) is 4.74 Å². The van der Waals surface area contributed by atoms with Gasteiger partial charge >= 0.3 is 0 Å². The first-order valence-electron chi connectivity index (χ1n) is 7.82. The maximum Gasteiger partial charge on any atom is 0.257 e. The maximum absolute atomic E-state index is 14.2. The van der Waals surface area contributed by atoms with Gasteiger partial charge in [0.25, 0.3) is 5.91 Å². The van der Waals surface area contributed by atoms with Gasteiger partial charge in [-0.15, -0.1) is 11.3 Å². The lowest BCUT2D eigenvalue weighted by Crippen LogP contribution is -2.32. The Kier molecular flexibility index (Phi) is 3.91. The molecule has 130 valence electrons. The molecular formula is C17H15F2N3O2S. The van der Waals surface area contributed by atoms with E-state index < -0.39 is 17.4 Å². The number of aromatic amines is 1. The normalized spacial score (nSPS) is 15.3. The quantitative estimate of drug-likeness (QED) is 0.705. The van der Waals surface area contributed by atoms with E-state index in [2.05, 4.69) is 15.3 Å². The fraction of sp³-hybridized carbons (Fsp3) is 0.294. The molecule has 2 aromatic heterocycles. The number of nitrogens with zero attached hydrogens (tertiary/aromatic N) is 1. The minimum atomic E-state index is -1.70. The van der Waals surface area contributed by atoms with Gasteiger partial charge in [-0.05, 0) is 25.0 Å².